The molecule has 0 aliphatic carbocycles. The van der Waals surface area contributed by atoms with Gasteiger partial charge in [-0.25, -0.2) is 0 Å². The van der Waals surface area contributed by atoms with Crippen LogP contribution in [0.25, 0.3) is 11.1 Å². The number of rotatable bonds is 11. The molecule has 0 aliphatic rings. The summed E-state index contributed by atoms with van der Waals surface area (Å²) in [4.78, 5) is 2.68. The molecule has 2 rings (SSSR count). The summed E-state index contributed by atoms with van der Waals surface area (Å²) >= 11 is 0. The van der Waals surface area contributed by atoms with Crippen LogP contribution in [0.5, 0.6) is 0 Å². The fourth-order valence-corrected chi connectivity index (χ4v) is 3.44. The molecule has 136 valence electrons. The van der Waals surface area contributed by atoms with Crippen molar-refractivity contribution in [2.45, 2.75) is 58.8 Å². The summed E-state index contributed by atoms with van der Waals surface area (Å²) in [6.07, 6.45) is 6.44. The molecule has 2 aromatic carbocycles. The van der Waals surface area contributed by atoms with Crippen LogP contribution in [0.2, 0.25) is 0 Å². The molecule has 0 N–H and O–H groups in total. The maximum Gasteiger partial charge on any atom is -0.00130 e. The Labute approximate surface area is 155 Å². The van der Waals surface area contributed by atoms with E-state index in [1.54, 1.807) is 0 Å². The molecule has 1 heteroatoms. The minimum atomic E-state index is 0.585. The van der Waals surface area contributed by atoms with E-state index in [1.165, 1.54) is 68.4 Å². The molecule has 1 nitrogen and oxygen atoms in total. The van der Waals surface area contributed by atoms with Gasteiger partial charge in [-0.3, -0.25) is 0 Å². The van der Waals surface area contributed by atoms with Crippen molar-refractivity contribution < 1.29 is 0 Å². The van der Waals surface area contributed by atoms with E-state index in [2.05, 4.69) is 80.3 Å². The molecule has 0 radical (unpaired) electrons. The SMILES string of the molecule is CCCCN(CCCC)CCC(C)c1ccccc1-c1ccccc1. The molecule has 0 aliphatic heterocycles. The molecule has 0 saturated carbocycles. The molecular formula is C24H35N. The molecule has 1 atom stereocenters. The van der Waals surface area contributed by atoms with Gasteiger partial charge in [0.05, 0.1) is 0 Å². The summed E-state index contributed by atoms with van der Waals surface area (Å²) in [5.74, 6) is 0.585. The Bertz CT molecular complexity index is 582. The molecule has 2 aromatic rings. The van der Waals surface area contributed by atoms with Crippen LogP contribution in [0.1, 0.15) is 64.4 Å². The molecule has 1 unspecified atom stereocenters. The molecule has 0 fully saturated rings. The van der Waals surface area contributed by atoms with Crippen molar-refractivity contribution in [2.24, 2.45) is 0 Å². The van der Waals surface area contributed by atoms with E-state index in [0.717, 1.165) is 0 Å². The predicted molar refractivity (Wildman–Crippen MR) is 111 cm³/mol. The Kier molecular flexibility index (Phi) is 8.76. The smallest absolute Gasteiger partial charge is 0.00130 e. The Balaban J connectivity index is 2.03. The third kappa shape index (κ3) is 6.32. The lowest BCUT2D eigenvalue weighted by Gasteiger charge is -2.24. The van der Waals surface area contributed by atoms with Gasteiger partial charge in [-0.05, 0) is 61.5 Å². The normalized spacial score (nSPS) is 12.5. The standard InChI is InChI=1S/C24H35N/c1-4-6-18-25(19-7-5-2)20-17-21(3)23-15-11-12-16-24(23)22-13-9-8-10-14-22/h8-16,21H,4-7,17-20H2,1-3H3. The third-order valence-corrected chi connectivity index (χ3v) is 5.11. The van der Waals surface area contributed by atoms with Crippen LogP contribution in [-0.4, -0.2) is 24.5 Å². The van der Waals surface area contributed by atoms with Gasteiger partial charge in [-0.1, -0.05) is 88.2 Å². The minimum absolute atomic E-state index is 0.585. The van der Waals surface area contributed by atoms with Crippen LogP contribution in [0.3, 0.4) is 0 Å². The van der Waals surface area contributed by atoms with Gasteiger partial charge in [-0.15, -0.1) is 0 Å². The van der Waals surface area contributed by atoms with E-state index < -0.39 is 0 Å². The molecule has 0 heterocycles. The van der Waals surface area contributed by atoms with Crippen molar-refractivity contribution in [3.05, 3.63) is 60.2 Å². The van der Waals surface area contributed by atoms with Crippen molar-refractivity contribution in [1.29, 1.82) is 0 Å². The van der Waals surface area contributed by atoms with E-state index in [9.17, 15) is 0 Å². The second-order valence-electron chi connectivity index (χ2n) is 7.19. The van der Waals surface area contributed by atoms with E-state index in [4.69, 9.17) is 0 Å². The van der Waals surface area contributed by atoms with Crippen molar-refractivity contribution in [2.75, 3.05) is 19.6 Å². The van der Waals surface area contributed by atoms with Gasteiger partial charge >= 0.3 is 0 Å². The highest BCUT2D eigenvalue weighted by atomic mass is 15.1. The summed E-state index contributed by atoms with van der Waals surface area (Å²) in [5, 5.41) is 0. The van der Waals surface area contributed by atoms with Gasteiger partial charge in [0.1, 0.15) is 0 Å². The lowest BCUT2D eigenvalue weighted by Crippen LogP contribution is -2.28. The average molecular weight is 338 g/mol. The van der Waals surface area contributed by atoms with Crippen molar-refractivity contribution >= 4 is 0 Å². The number of nitrogens with zero attached hydrogens (tertiary/aromatic N) is 1. The fourth-order valence-electron chi connectivity index (χ4n) is 3.44. The lowest BCUT2D eigenvalue weighted by molar-refractivity contribution is 0.256. The zero-order valence-electron chi connectivity index (χ0n) is 16.4. The molecule has 0 saturated heterocycles. The van der Waals surface area contributed by atoms with E-state index in [-0.39, 0.29) is 0 Å². The summed E-state index contributed by atoms with van der Waals surface area (Å²) in [6.45, 7) is 10.7. The van der Waals surface area contributed by atoms with Crippen LogP contribution in [0.4, 0.5) is 0 Å². The number of benzene rings is 2. The van der Waals surface area contributed by atoms with E-state index in [1.807, 2.05) is 0 Å². The number of hydrogen-bond acceptors (Lipinski definition) is 1. The quantitative estimate of drug-likeness (QED) is 0.438. The minimum Gasteiger partial charge on any atom is -0.303 e. The monoisotopic (exact) mass is 337 g/mol. The van der Waals surface area contributed by atoms with Crippen molar-refractivity contribution in [3.8, 4) is 11.1 Å². The van der Waals surface area contributed by atoms with Gasteiger partial charge in [-0.2, -0.15) is 0 Å². The summed E-state index contributed by atoms with van der Waals surface area (Å²) in [7, 11) is 0. The Hall–Kier alpha value is -1.60. The number of hydrogen-bond donors (Lipinski definition) is 0. The molecule has 25 heavy (non-hydrogen) atoms. The highest BCUT2D eigenvalue weighted by Gasteiger charge is 2.13. The first kappa shape index (κ1) is 19.7. The largest absolute Gasteiger partial charge is 0.303 e. The Morgan fingerprint density at radius 2 is 1.36 bits per heavy atom. The van der Waals surface area contributed by atoms with Gasteiger partial charge in [0.15, 0.2) is 0 Å². The van der Waals surface area contributed by atoms with Crippen LogP contribution in [-0.2, 0) is 0 Å². The molecular weight excluding hydrogens is 302 g/mol. The first-order chi connectivity index (χ1) is 12.3. The Morgan fingerprint density at radius 1 is 0.760 bits per heavy atom. The topological polar surface area (TPSA) is 3.24 Å². The van der Waals surface area contributed by atoms with Gasteiger partial charge in [0.2, 0.25) is 0 Å². The molecule has 0 amide bonds. The first-order valence-electron chi connectivity index (χ1n) is 10.1. The van der Waals surface area contributed by atoms with Crippen LogP contribution >= 0.6 is 0 Å². The second-order valence-corrected chi connectivity index (χ2v) is 7.19. The highest BCUT2D eigenvalue weighted by molar-refractivity contribution is 5.67. The maximum atomic E-state index is 2.68. The molecule has 0 bridgehead atoms. The maximum absolute atomic E-state index is 2.68. The highest BCUT2D eigenvalue weighted by Crippen LogP contribution is 2.31. The van der Waals surface area contributed by atoms with Crippen LogP contribution in [0, 0.1) is 0 Å². The molecule has 0 aromatic heterocycles. The van der Waals surface area contributed by atoms with Crippen molar-refractivity contribution in [3.63, 3.8) is 0 Å². The van der Waals surface area contributed by atoms with Gasteiger partial charge < -0.3 is 4.90 Å². The van der Waals surface area contributed by atoms with E-state index >= 15 is 0 Å². The Morgan fingerprint density at radius 3 is 2.00 bits per heavy atom. The van der Waals surface area contributed by atoms with Gasteiger partial charge in [0, 0.05) is 0 Å². The number of unbranched alkanes of at least 4 members (excludes halogenated alkanes) is 2. The lowest BCUT2D eigenvalue weighted by atomic mass is 9.89. The summed E-state index contributed by atoms with van der Waals surface area (Å²) in [5.41, 5.74) is 4.21. The fraction of sp³-hybridized carbons (Fsp3) is 0.500. The zero-order valence-corrected chi connectivity index (χ0v) is 16.4. The second kappa shape index (κ2) is 11.1. The summed E-state index contributed by atoms with van der Waals surface area (Å²) in [6, 6.07) is 19.7. The van der Waals surface area contributed by atoms with Crippen LogP contribution < -0.4 is 0 Å². The zero-order chi connectivity index (χ0) is 17.9. The third-order valence-electron chi connectivity index (χ3n) is 5.11. The molecule has 0 spiro atoms. The van der Waals surface area contributed by atoms with E-state index in [0.29, 0.717) is 5.92 Å². The average Bonchev–Trinajstić information content (AvgIpc) is 2.68. The summed E-state index contributed by atoms with van der Waals surface area (Å²) < 4.78 is 0. The first-order valence-corrected chi connectivity index (χ1v) is 10.1. The van der Waals surface area contributed by atoms with Crippen LogP contribution in [0.15, 0.2) is 54.6 Å². The predicted octanol–water partition coefficient (Wildman–Crippen LogP) is 6.75. The van der Waals surface area contributed by atoms with Crippen molar-refractivity contribution in [1.82, 2.24) is 4.90 Å². The van der Waals surface area contributed by atoms with Gasteiger partial charge in [0.25, 0.3) is 0 Å².